The Morgan fingerprint density at radius 3 is 2.48 bits per heavy atom. The van der Waals surface area contributed by atoms with Crippen molar-refractivity contribution in [1.82, 2.24) is 10.7 Å². The zero-order valence-electron chi connectivity index (χ0n) is 13.9. The third-order valence-electron chi connectivity index (χ3n) is 3.39. The number of anilines is 1. The number of carbonyl (C=O) groups excluding carboxylic acids is 1. The van der Waals surface area contributed by atoms with Crippen molar-refractivity contribution in [2.75, 3.05) is 26.2 Å². The van der Waals surface area contributed by atoms with Gasteiger partial charge in [0.05, 0.1) is 24.9 Å². The predicted octanol–water partition coefficient (Wildman–Crippen LogP) is 3.88. The minimum Gasteiger partial charge on any atom is -0.493 e. The number of hydrogen-bond donors (Lipinski definition) is 3. The van der Waals surface area contributed by atoms with Crippen LogP contribution < -0.4 is 25.6 Å². The smallest absolute Gasteiger partial charge is 0.333 e. The minimum atomic E-state index is -0.369. The number of benzene rings is 2. The van der Waals surface area contributed by atoms with Gasteiger partial charge in [-0.25, -0.2) is 4.79 Å². The van der Waals surface area contributed by atoms with Crippen molar-refractivity contribution >= 4 is 34.9 Å². The molecule has 0 atom stereocenters. The third-order valence-corrected chi connectivity index (χ3v) is 3.94. The maximum atomic E-state index is 11.8. The topological polar surface area (TPSA) is 71.6 Å². The molecule has 0 unspecified atom stereocenters. The Labute approximate surface area is 156 Å². The number of carbonyl (C=O) groups is 1. The number of rotatable bonds is 7. The largest absolute Gasteiger partial charge is 0.493 e. The molecule has 25 heavy (non-hydrogen) atoms. The van der Waals surface area contributed by atoms with E-state index >= 15 is 0 Å². The van der Waals surface area contributed by atoms with Gasteiger partial charge in [-0.2, -0.15) is 0 Å². The van der Waals surface area contributed by atoms with E-state index in [0.717, 1.165) is 5.56 Å². The second kappa shape index (κ2) is 9.25. The van der Waals surface area contributed by atoms with E-state index in [4.69, 9.17) is 32.7 Å². The monoisotopic (exact) mass is 383 g/mol. The van der Waals surface area contributed by atoms with Gasteiger partial charge in [0.2, 0.25) is 0 Å². The van der Waals surface area contributed by atoms with Crippen LogP contribution in [0.3, 0.4) is 0 Å². The summed E-state index contributed by atoms with van der Waals surface area (Å²) in [6.45, 7) is 0.456. The lowest BCUT2D eigenvalue weighted by Crippen LogP contribution is -2.39. The Balaban J connectivity index is 1.78. The molecule has 2 amide bonds. The molecule has 134 valence electrons. The molecule has 0 aliphatic rings. The second-order valence-electron chi connectivity index (χ2n) is 5.07. The number of nitrogens with one attached hydrogen (secondary N) is 3. The van der Waals surface area contributed by atoms with E-state index in [1.54, 1.807) is 32.4 Å². The molecule has 0 saturated heterocycles. The number of hydrazine groups is 1. The van der Waals surface area contributed by atoms with Crippen LogP contribution in [-0.2, 0) is 6.42 Å². The third kappa shape index (κ3) is 5.62. The molecule has 2 aromatic rings. The van der Waals surface area contributed by atoms with Crippen LogP contribution in [0.5, 0.6) is 11.5 Å². The highest BCUT2D eigenvalue weighted by Crippen LogP contribution is 2.27. The van der Waals surface area contributed by atoms with Gasteiger partial charge >= 0.3 is 6.03 Å². The Morgan fingerprint density at radius 1 is 1.04 bits per heavy atom. The number of ether oxygens (including phenoxy) is 2. The van der Waals surface area contributed by atoms with Gasteiger partial charge in [-0.1, -0.05) is 29.3 Å². The van der Waals surface area contributed by atoms with E-state index in [2.05, 4.69) is 16.2 Å². The molecular formula is C17H19Cl2N3O3. The molecule has 0 saturated carbocycles. The molecule has 0 aliphatic carbocycles. The van der Waals surface area contributed by atoms with Crippen molar-refractivity contribution < 1.29 is 14.3 Å². The van der Waals surface area contributed by atoms with Gasteiger partial charge in [0.25, 0.3) is 0 Å². The average molecular weight is 384 g/mol. The quantitative estimate of drug-likeness (QED) is 0.634. The van der Waals surface area contributed by atoms with Crippen LogP contribution in [0, 0.1) is 0 Å². The Hall–Kier alpha value is -2.31. The van der Waals surface area contributed by atoms with Crippen LogP contribution in [-0.4, -0.2) is 26.8 Å². The fraction of sp³-hybridized carbons (Fsp3) is 0.235. The lowest BCUT2D eigenvalue weighted by atomic mass is 10.1. The molecule has 3 N–H and O–H groups in total. The van der Waals surface area contributed by atoms with Crippen LogP contribution in [0.4, 0.5) is 10.5 Å². The van der Waals surface area contributed by atoms with Crippen molar-refractivity contribution in [3.63, 3.8) is 0 Å². The molecule has 0 spiro atoms. The molecule has 0 radical (unpaired) electrons. The van der Waals surface area contributed by atoms with Gasteiger partial charge in [0.1, 0.15) is 0 Å². The summed E-state index contributed by atoms with van der Waals surface area (Å²) in [7, 11) is 3.17. The first-order valence-electron chi connectivity index (χ1n) is 7.49. The summed E-state index contributed by atoms with van der Waals surface area (Å²) in [6, 6.07) is 10.2. The summed E-state index contributed by atoms with van der Waals surface area (Å²) in [4.78, 5) is 11.8. The van der Waals surface area contributed by atoms with Crippen molar-refractivity contribution in [3.05, 3.63) is 52.0 Å². The molecule has 0 bridgehead atoms. The van der Waals surface area contributed by atoms with Crippen molar-refractivity contribution in [1.29, 1.82) is 0 Å². The highest BCUT2D eigenvalue weighted by atomic mass is 35.5. The zero-order chi connectivity index (χ0) is 18.2. The van der Waals surface area contributed by atoms with Crippen molar-refractivity contribution in [2.45, 2.75) is 6.42 Å². The number of urea groups is 1. The summed E-state index contributed by atoms with van der Waals surface area (Å²) >= 11 is 11.8. The molecule has 0 fully saturated rings. The molecule has 6 nitrogen and oxygen atoms in total. The Kier molecular flexibility index (Phi) is 7.03. The number of amides is 2. The fourth-order valence-corrected chi connectivity index (χ4v) is 2.57. The van der Waals surface area contributed by atoms with E-state index in [1.165, 1.54) is 0 Å². The van der Waals surface area contributed by atoms with Gasteiger partial charge in [-0.05, 0) is 42.3 Å². The summed E-state index contributed by atoms with van der Waals surface area (Å²) in [5.41, 5.74) is 6.82. The first kappa shape index (κ1) is 19.0. The van der Waals surface area contributed by atoms with Crippen LogP contribution in [0.25, 0.3) is 0 Å². The highest BCUT2D eigenvalue weighted by Gasteiger charge is 2.06. The number of methoxy groups -OCH3 is 2. The molecule has 8 heteroatoms. The van der Waals surface area contributed by atoms with Crippen LogP contribution in [0.2, 0.25) is 10.0 Å². The number of hydrogen-bond acceptors (Lipinski definition) is 4. The highest BCUT2D eigenvalue weighted by molar-refractivity contribution is 6.36. The van der Waals surface area contributed by atoms with Gasteiger partial charge in [-0.15, -0.1) is 0 Å². The van der Waals surface area contributed by atoms with E-state index < -0.39 is 0 Å². The van der Waals surface area contributed by atoms with Crippen LogP contribution in [0.1, 0.15) is 5.56 Å². The molecule has 2 rings (SSSR count). The zero-order valence-corrected chi connectivity index (χ0v) is 15.4. The lowest BCUT2D eigenvalue weighted by Gasteiger charge is -2.12. The van der Waals surface area contributed by atoms with Crippen molar-refractivity contribution in [3.8, 4) is 11.5 Å². The van der Waals surface area contributed by atoms with Gasteiger partial charge < -0.3 is 14.8 Å². The molecule has 0 aromatic heterocycles. The molecule has 2 aromatic carbocycles. The Bertz CT molecular complexity index is 741. The molecule has 0 heterocycles. The molecular weight excluding hydrogens is 365 g/mol. The first-order valence-corrected chi connectivity index (χ1v) is 8.25. The standard InChI is InChI=1S/C17H19Cl2N3O3/c1-24-15-6-3-11(9-16(15)25-2)7-8-20-17(23)22-21-14-5-4-12(18)10-13(14)19/h3-6,9-10,21H,7-8H2,1-2H3,(H2,20,22,23). The van der Waals surface area contributed by atoms with Gasteiger partial charge in [0.15, 0.2) is 11.5 Å². The van der Waals surface area contributed by atoms with Gasteiger partial charge in [-0.3, -0.25) is 10.9 Å². The molecule has 0 aliphatic heterocycles. The first-order chi connectivity index (χ1) is 12.0. The van der Waals surface area contributed by atoms with E-state index in [9.17, 15) is 4.79 Å². The summed E-state index contributed by atoms with van der Waals surface area (Å²) in [6.07, 6.45) is 0.648. The predicted molar refractivity (Wildman–Crippen MR) is 99.9 cm³/mol. The fourth-order valence-electron chi connectivity index (χ4n) is 2.12. The summed E-state index contributed by atoms with van der Waals surface area (Å²) in [5.74, 6) is 1.32. The second-order valence-corrected chi connectivity index (χ2v) is 5.91. The lowest BCUT2D eigenvalue weighted by molar-refractivity contribution is 0.243. The van der Waals surface area contributed by atoms with Crippen LogP contribution >= 0.6 is 23.2 Å². The SMILES string of the molecule is COc1ccc(CCNC(=O)NNc2ccc(Cl)cc2Cl)cc1OC. The van der Waals surface area contributed by atoms with E-state index in [-0.39, 0.29) is 6.03 Å². The van der Waals surface area contributed by atoms with Gasteiger partial charge in [0, 0.05) is 11.6 Å². The number of halogens is 2. The van der Waals surface area contributed by atoms with Crippen molar-refractivity contribution in [2.24, 2.45) is 0 Å². The Morgan fingerprint density at radius 2 is 1.80 bits per heavy atom. The maximum Gasteiger partial charge on any atom is 0.333 e. The summed E-state index contributed by atoms with van der Waals surface area (Å²) < 4.78 is 10.4. The van der Waals surface area contributed by atoms with Crippen LogP contribution in [0.15, 0.2) is 36.4 Å². The minimum absolute atomic E-state index is 0.369. The van der Waals surface area contributed by atoms with E-state index in [1.807, 2.05) is 18.2 Å². The maximum absolute atomic E-state index is 11.8. The average Bonchev–Trinajstić information content (AvgIpc) is 2.60. The van der Waals surface area contributed by atoms with E-state index in [0.29, 0.717) is 40.2 Å². The summed E-state index contributed by atoms with van der Waals surface area (Å²) in [5, 5.41) is 3.68. The normalized spacial score (nSPS) is 10.1.